The van der Waals surface area contributed by atoms with Crippen LogP contribution in [-0.2, 0) is 24.0 Å². The minimum atomic E-state index is -1.09. The lowest BCUT2D eigenvalue weighted by atomic mass is 9.96. The summed E-state index contributed by atoms with van der Waals surface area (Å²) in [5, 5.41) is -0.120. The normalized spacial score (nSPS) is 12.6. The van der Waals surface area contributed by atoms with Gasteiger partial charge < -0.3 is 28.3 Å². The Hall–Kier alpha value is -5.26. The molecule has 3 aromatic rings. The molecule has 0 saturated heterocycles. The predicted octanol–water partition coefficient (Wildman–Crippen LogP) is 14.8. The largest absolute Gasteiger partial charge is 0.426 e. The second-order valence-corrected chi connectivity index (χ2v) is 23.8. The number of rotatable bonds is 22. The van der Waals surface area contributed by atoms with E-state index in [1.54, 1.807) is 121 Å². The van der Waals surface area contributed by atoms with Crippen LogP contribution in [0.3, 0.4) is 0 Å². The van der Waals surface area contributed by atoms with Crippen molar-refractivity contribution in [2.45, 2.75) is 207 Å². The second-order valence-electron chi connectivity index (χ2n) is 23.8. The molecule has 2 aromatic carbocycles. The van der Waals surface area contributed by atoms with E-state index in [0.29, 0.717) is 6.42 Å². The van der Waals surface area contributed by atoms with E-state index in [1.807, 2.05) is 6.08 Å². The first-order valence-electron chi connectivity index (χ1n) is 25.6. The van der Waals surface area contributed by atoms with Crippen molar-refractivity contribution in [3.8, 4) is 40.0 Å². The predicted molar refractivity (Wildman–Crippen MR) is 279 cm³/mol. The summed E-state index contributed by atoms with van der Waals surface area (Å²) in [5.74, 6) is -4.00. The van der Waals surface area contributed by atoms with Crippen LogP contribution in [0.4, 0.5) is 0 Å². The highest BCUT2D eigenvalue weighted by atomic mass is 16.6. The van der Waals surface area contributed by atoms with Gasteiger partial charge in [-0.25, -0.2) is 0 Å². The third kappa shape index (κ3) is 17.9. The number of esters is 5. The Bertz CT molecular complexity index is 2390. The number of benzene rings is 2. The Morgan fingerprint density at radius 1 is 0.471 bits per heavy atom. The molecule has 0 spiro atoms. The van der Waals surface area contributed by atoms with Crippen molar-refractivity contribution in [3.05, 3.63) is 46.6 Å². The van der Waals surface area contributed by atoms with Gasteiger partial charge in [-0.05, 0) is 135 Å². The fourth-order valence-corrected chi connectivity index (χ4v) is 6.83. The molecule has 0 saturated carbocycles. The minimum Gasteiger partial charge on any atom is -0.426 e. The van der Waals surface area contributed by atoms with Crippen molar-refractivity contribution in [3.63, 3.8) is 0 Å². The lowest BCUT2D eigenvalue weighted by molar-refractivity contribution is -0.145. The maximum absolute atomic E-state index is 15.3. The van der Waals surface area contributed by atoms with E-state index in [1.165, 1.54) is 88.5 Å². The van der Waals surface area contributed by atoms with Gasteiger partial charge in [0.1, 0.15) is 17.2 Å². The molecule has 0 bridgehead atoms. The van der Waals surface area contributed by atoms with E-state index in [0.717, 1.165) is 25.7 Å². The van der Waals surface area contributed by atoms with Gasteiger partial charge in [-0.3, -0.25) is 28.8 Å². The zero-order valence-corrected chi connectivity index (χ0v) is 45.6. The SMILES string of the molecule is CCCCCCCCCCCCCCCCC=Cn1c(-c2ccc(OC(=O)C(C)(C)C)c(OC(=O)C(C)(C)C)c2)c(OC(=O)C(C)(C)C)c(=O)c2c(OC(=O)C(C)(C)C)cc(OC(=O)C(C)(C)C)cc21. The van der Waals surface area contributed by atoms with Gasteiger partial charge in [-0.1, -0.05) is 96.5 Å². The molecule has 0 aliphatic carbocycles. The topological polar surface area (TPSA) is 154 Å². The first-order valence-corrected chi connectivity index (χ1v) is 25.6. The molecule has 1 aromatic heterocycles. The van der Waals surface area contributed by atoms with E-state index in [-0.39, 0.29) is 45.2 Å². The molecular weight excluding hydrogens is 887 g/mol. The van der Waals surface area contributed by atoms with E-state index >= 15 is 4.79 Å². The van der Waals surface area contributed by atoms with Gasteiger partial charge in [0.2, 0.25) is 11.2 Å². The molecule has 0 N–H and O–H groups in total. The number of hydrogen-bond acceptors (Lipinski definition) is 11. The van der Waals surface area contributed by atoms with Gasteiger partial charge in [0.25, 0.3) is 0 Å². The lowest BCUT2D eigenvalue weighted by Crippen LogP contribution is -2.30. The molecule has 0 atom stereocenters. The van der Waals surface area contributed by atoms with Crippen LogP contribution >= 0.6 is 0 Å². The van der Waals surface area contributed by atoms with Crippen LogP contribution in [0.5, 0.6) is 28.7 Å². The Kier molecular flexibility index (Phi) is 21.3. The monoisotopic (exact) mass is 972 g/mol. The quantitative estimate of drug-likeness (QED) is 0.0537. The summed E-state index contributed by atoms with van der Waals surface area (Å²) in [6, 6.07) is 7.29. The highest BCUT2D eigenvalue weighted by molar-refractivity contribution is 5.97. The molecule has 388 valence electrons. The second kappa shape index (κ2) is 25.2. The van der Waals surface area contributed by atoms with Crippen LogP contribution < -0.4 is 29.1 Å². The number of unbranched alkanes of at least 4 members (excludes halogenated alkanes) is 14. The smallest absolute Gasteiger partial charge is 0.316 e. The third-order valence-electron chi connectivity index (χ3n) is 11.5. The molecule has 0 radical (unpaired) electrons. The summed E-state index contributed by atoms with van der Waals surface area (Å²) in [5.41, 5.74) is -5.29. The molecule has 0 fully saturated rings. The van der Waals surface area contributed by atoms with Crippen molar-refractivity contribution in [2.24, 2.45) is 27.1 Å². The van der Waals surface area contributed by atoms with Crippen molar-refractivity contribution >= 4 is 46.9 Å². The summed E-state index contributed by atoms with van der Waals surface area (Å²) >= 11 is 0. The van der Waals surface area contributed by atoms with Crippen molar-refractivity contribution < 1.29 is 47.7 Å². The number of fused-ring (bicyclic) bond motifs is 1. The maximum Gasteiger partial charge on any atom is 0.316 e. The standard InChI is InChI=1S/C58H85NO11/c1-17-18-19-20-21-22-23-24-25-26-27-28-29-30-31-32-35-59-41-37-40(66-49(61)54(2,3)4)38-44(69-52(64)57(11,12)13)45(41)47(60)48(70-53(65)58(14,15)16)46(59)39-33-34-42(67-50(62)55(5,6)7)43(36-39)68-51(63)56(8,9)10/h32-38H,17-31H2,1-16H3. The third-order valence-corrected chi connectivity index (χ3v) is 11.5. The number of pyridine rings is 1. The first-order chi connectivity index (χ1) is 32.4. The zero-order chi connectivity index (χ0) is 52.8. The summed E-state index contributed by atoms with van der Waals surface area (Å²) in [4.78, 5) is 83.0. The fraction of sp³-hybridized carbons (Fsp3) is 0.621. The first kappa shape index (κ1) is 59.1. The van der Waals surface area contributed by atoms with Gasteiger partial charge >= 0.3 is 29.8 Å². The van der Waals surface area contributed by atoms with Crippen LogP contribution in [0, 0.1) is 27.1 Å². The summed E-state index contributed by atoms with van der Waals surface area (Å²) in [7, 11) is 0. The Balaban J connectivity index is 2.34. The average Bonchev–Trinajstić information content (AvgIpc) is 3.23. The number of carbonyl (C=O) groups excluding carboxylic acids is 5. The fourth-order valence-electron chi connectivity index (χ4n) is 6.83. The van der Waals surface area contributed by atoms with Gasteiger partial charge in [-0.15, -0.1) is 0 Å². The van der Waals surface area contributed by atoms with Crippen LogP contribution in [0.25, 0.3) is 28.4 Å². The van der Waals surface area contributed by atoms with Crippen LogP contribution in [0.2, 0.25) is 0 Å². The highest BCUT2D eigenvalue weighted by Crippen LogP contribution is 2.42. The van der Waals surface area contributed by atoms with E-state index in [4.69, 9.17) is 23.7 Å². The van der Waals surface area contributed by atoms with E-state index in [2.05, 4.69) is 6.92 Å². The number of hydrogen-bond donors (Lipinski definition) is 0. The molecule has 0 aliphatic rings. The van der Waals surface area contributed by atoms with Gasteiger partial charge in [-0.2, -0.15) is 0 Å². The maximum atomic E-state index is 15.3. The van der Waals surface area contributed by atoms with Gasteiger partial charge in [0.15, 0.2) is 11.5 Å². The Labute approximate surface area is 418 Å². The highest BCUT2D eigenvalue weighted by Gasteiger charge is 2.34. The molecule has 0 amide bonds. The molecule has 12 nitrogen and oxygen atoms in total. The van der Waals surface area contributed by atoms with Crippen LogP contribution in [0.15, 0.2) is 41.2 Å². The van der Waals surface area contributed by atoms with Gasteiger partial charge in [0.05, 0.1) is 38.0 Å². The summed E-state index contributed by atoms with van der Waals surface area (Å²) in [6.07, 6.45) is 21.4. The average molecular weight is 972 g/mol. The molecule has 1 heterocycles. The minimum absolute atomic E-state index is 0.00715. The molecule has 3 rings (SSSR count). The van der Waals surface area contributed by atoms with E-state index in [9.17, 15) is 24.0 Å². The van der Waals surface area contributed by atoms with Crippen LogP contribution in [-0.4, -0.2) is 34.4 Å². The molecule has 12 heteroatoms. The number of allylic oxidation sites excluding steroid dienone is 1. The molecule has 70 heavy (non-hydrogen) atoms. The number of nitrogens with zero attached hydrogens (tertiary/aromatic N) is 1. The van der Waals surface area contributed by atoms with Crippen LogP contribution in [0.1, 0.15) is 207 Å². The molecule has 0 unspecified atom stereocenters. The van der Waals surface area contributed by atoms with Gasteiger partial charge in [0, 0.05) is 23.9 Å². The lowest BCUT2D eigenvalue weighted by Gasteiger charge is -2.24. The van der Waals surface area contributed by atoms with Crippen molar-refractivity contribution in [1.82, 2.24) is 4.57 Å². The zero-order valence-electron chi connectivity index (χ0n) is 45.6. The Morgan fingerprint density at radius 3 is 1.33 bits per heavy atom. The number of carbonyl (C=O) groups is 5. The summed E-state index contributed by atoms with van der Waals surface area (Å²) in [6.45, 7) is 27.4. The molecule has 0 aliphatic heterocycles. The van der Waals surface area contributed by atoms with Crippen molar-refractivity contribution in [1.29, 1.82) is 0 Å². The summed E-state index contributed by atoms with van der Waals surface area (Å²) < 4.78 is 31.5. The number of ether oxygens (including phenoxy) is 5. The molecular formula is C58H85NO11. The van der Waals surface area contributed by atoms with Crippen molar-refractivity contribution in [2.75, 3.05) is 0 Å². The number of aromatic nitrogens is 1. The Morgan fingerprint density at radius 2 is 0.871 bits per heavy atom. The van der Waals surface area contributed by atoms with E-state index < -0.39 is 68.1 Å².